The number of hydrogen-bond acceptors (Lipinski definition) is 3. The number of carbonyl (C=O) groups is 1. The second kappa shape index (κ2) is 7.00. The van der Waals surface area contributed by atoms with Gasteiger partial charge in [0.2, 0.25) is 0 Å². The zero-order valence-electron chi connectivity index (χ0n) is 12.4. The normalized spacial score (nSPS) is 12.6. The first-order valence-corrected chi connectivity index (χ1v) is 8.08. The summed E-state index contributed by atoms with van der Waals surface area (Å²) in [6.07, 6.45) is 3.00. The highest BCUT2D eigenvalue weighted by atomic mass is 32.1. The maximum Gasteiger partial charge on any atom is 0.261 e. The third-order valence-corrected chi connectivity index (χ3v) is 4.90. The first-order chi connectivity index (χ1) is 10.1. The number of nitrogens with one attached hydrogen (secondary N) is 1. The molecule has 0 aliphatic carbocycles. The highest BCUT2D eigenvalue weighted by Gasteiger charge is 2.18. The average Bonchev–Trinajstić information content (AvgIpc) is 2.80. The van der Waals surface area contributed by atoms with E-state index in [1.54, 1.807) is 6.07 Å². The van der Waals surface area contributed by atoms with E-state index in [0.29, 0.717) is 11.4 Å². The average molecular weight is 308 g/mol. The Morgan fingerprint density at radius 2 is 2.24 bits per heavy atom. The van der Waals surface area contributed by atoms with Crippen molar-refractivity contribution in [1.29, 1.82) is 0 Å². The Bertz CT molecular complexity index is 638. The molecule has 3 nitrogen and oxygen atoms in total. The van der Waals surface area contributed by atoms with Gasteiger partial charge in [-0.25, -0.2) is 4.39 Å². The number of amides is 1. The summed E-state index contributed by atoms with van der Waals surface area (Å²) in [7, 11) is 0. The Morgan fingerprint density at radius 1 is 1.48 bits per heavy atom. The van der Waals surface area contributed by atoms with Crippen molar-refractivity contribution in [2.24, 2.45) is 5.73 Å². The highest BCUT2D eigenvalue weighted by Crippen LogP contribution is 2.31. The van der Waals surface area contributed by atoms with Gasteiger partial charge in [0.15, 0.2) is 0 Å². The molecule has 0 saturated carbocycles. The highest BCUT2D eigenvalue weighted by molar-refractivity contribution is 7.21. The number of unbranched alkanes of at least 4 members (excludes halogenated alkanes) is 1. The Labute approximate surface area is 128 Å². The SMILES string of the molecule is CCCCC(CN)NC(=O)c1sc2ccc(F)cc2c1C. The zero-order chi connectivity index (χ0) is 15.4. The molecule has 0 aliphatic heterocycles. The Hall–Kier alpha value is -1.46. The van der Waals surface area contributed by atoms with Gasteiger partial charge in [0.1, 0.15) is 5.82 Å². The monoisotopic (exact) mass is 308 g/mol. The molecule has 0 saturated heterocycles. The van der Waals surface area contributed by atoms with E-state index in [-0.39, 0.29) is 17.8 Å². The van der Waals surface area contributed by atoms with Gasteiger partial charge in [-0.1, -0.05) is 19.8 Å². The number of benzene rings is 1. The third kappa shape index (κ3) is 3.60. The topological polar surface area (TPSA) is 55.1 Å². The number of rotatable bonds is 6. The molecule has 0 spiro atoms. The molecular formula is C16H21FN2OS. The molecule has 1 amide bonds. The summed E-state index contributed by atoms with van der Waals surface area (Å²) in [6.45, 7) is 4.40. The van der Waals surface area contributed by atoms with Gasteiger partial charge < -0.3 is 11.1 Å². The van der Waals surface area contributed by atoms with Crippen molar-refractivity contribution in [1.82, 2.24) is 5.32 Å². The van der Waals surface area contributed by atoms with Crippen LogP contribution in [0, 0.1) is 12.7 Å². The second-order valence-corrected chi connectivity index (χ2v) is 6.30. The predicted molar refractivity (Wildman–Crippen MR) is 86.4 cm³/mol. The van der Waals surface area contributed by atoms with Gasteiger partial charge in [-0.15, -0.1) is 11.3 Å². The van der Waals surface area contributed by atoms with Gasteiger partial charge in [0.25, 0.3) is 5.91 Å². The molecule has 2 rings (SSSR count). The van der Waals surface area contributed by atoms with Crippen LogP contribution in [-0.2, 0) is 0 Å². The molecule has 2 aromatic rings. The number of hydrogen-bond donors (Lipinski definition) is 2. The summed E-state index contributed by atoms with van der Waals surface area (Å²) in [5.41, 5.74) is 6.54. The van der Waals surface area contributed by atoms with Gasteiger partial charge in [-0.2, -0.15) is 0 Å². The number of nitrogens with two attached hydrogens (primary N) is 1. The lowest BCUT2D eigenvalue weighted by atomic mass is 10.1. The Balaban J connectivity index is 2.21. The summed E-state index contributed by atoms with van der Waals surface area (Å²) in [5.74, 6) is -0.390. The summed E-state index contributed by atoms with van der Waals surface area (Å²) in [4.78, 5) is 13.0. The summed E-state index contributed by atoms with van der Waals surface area (Å²) < 4.78 is 14.2. The number of thiophene rings is 1. The van der Waals surface area contributed by atoms with E-state index in [2.05, 4.69) is 12.2 Å². The van der Waals surface area contributed by atoms with E-state index in [9.17, 15) is 9.18 Å². The fourth-order valence-electron chi connectivity index (χ4n) is 2.36. The summed E-state index contributed by atoms with van der Waals surface area (Å²) >= 11 is 1.40. The van der Waals surface area contributed by atoms with Crippen molar-refractivity contribution in [3.05, 3.63) is 34.5 Å². The van der Waals surface area contributed by atoms with Crippen molar-refractivity contribution in [3.8, 4) is 0 Å². The van der Waals surface area contributed by atoms with E-state index in [1.807, 2.05) is 6.92 Å². The standard InChI is InChI=1S/C16H21FN2OS/c1-3-4-5-12(9-18)19-16(20)15-10(2)13-8-11(17)6-7-14(13)21-15/h6-8,12H,3-5,9,18H2,1-2H3,(H,19,20). The minimum atomic E-state index is -0.280. The van der Waals surface area contributed by atoms with E-state index < -0.39 is 0 Å². The van der Waals surface area contributed by atoms with Crippen LogP contribution in [0.1, 0.15) is 41.4 Å². The van der Waals surface area contributed by atoms with E-state index in [1.165, 1.54) is 23.5 Å². The molecule has 1 aromatic heterocycles. The van der Waals surface area contributed by atoms with Crippen LogP contribution in [-0.4, -0.2) is 18.5 Å². The number of aryl methyl sites for hydroxylation is 1. The minimum Gasteiger partial charge on any atom is -0.347 e. The van der Waals surface area contributed by atoms with Crippen molar-refractivity contribution in [2.45, 2.75) is 39.2 Å². The molecule has 0 bridgehead atoms. The van der Waals surface area contributed by atoms with Crippen molar-refractivity contribution < 1.29 is 9.18 Å². The zero-order valence-corrected chi connectivity index (χ0v) is 13.2. The van der Waals surface area contributed by atoms with Crippen molar-refractivity contribution >= 4 is 27.3 Å². The lowest BCUT2D eigenvalue weighted by molar-refractivity contribution is 0.0939. The van der Waals surface area contributed by atoms with Crippen molar-refractivity contribution in [2.75, 3.05) is 6.54 Å². The minimum absolute atomic E-state index is 0.00111. The molecule has 3 N–H and O–H groups in total. The number of carbonyl (C=O) groups excluding carboxylic acids is 1. The smallest absolute Gasteiger partial charge is 0.261 e. The molecule has 114 valence electrons. The van der Waals surface area contributed by atoms with Gasteiger partial charge in [0.05, 0.1) is 4.88 Å². The van der Waals surface area contributed by atoms with Gasteiger partial charge in [0, 0.05) is 17.3 Å². The fourth-order valence-corrected chi connectivity index (χ4v) is 3.45. The molecule has 0 fully saturated rings. The quantitative estimate of drug-likeness (QED) is 0.856. The van der Waals surface area contributed by atoms with Gasteiger partial charge >= 0.3 is 0 Å². The van der Waals surface area contributed by atoms with Crippen LogP contribution in [0.4, 0.5) is 4.39 Å². The predicted octanol–water partition coefficient (Wildman–Crippen LogP) is 3.60. The molecule has 1 atom stereocenters. The molecule has 1 aromatic carbocycles. The Kier molecular flexibility index (Phi) is 5.31. The lowest BCUT2D eigenvalue weighted by Gasteiger charge is -2.16. The van der Waals surface area contributed by atoms with Crippen LogP contribution in [0.2, 0.25) is 0 Å². The summed E-state index contributed by atoms with van der Waals surface area (Å²) in [5, 5.41) is 3.80. The van der Waals surface area contributed by atoms with Gasteiger partial charge in [-0.05, 0) is 42.5 Å². The lowest BCUT2D eigenvalue weighted by Crippen LogP contribution is -2.40. The molecule has 5 heteroatoms. The first-order valence-electron chi connectivity index (χ1n) is 7.26. The van der Waals surface area contributed by atoms with E-state index in [0.717, 1.165) is 34.9 Å². The van der Waals surface area contributed by atoms with Crippen LogP contribution in [0.25, 0.3) is 10.1 Å². The molecular weight excluding hydrogens is 287 g/mol. The molecule has 1 unspecified atom stereocenters. The molecule has 21 heavy (non-hydrogen) atoms. The van der Waals surface area contributed by atoms with Crippen LogP contribution in [0.15, 0.2) is 18.2 Å². The Morgan fingerprint density at radius 3 is 2.90 bits per heavy atom. The fraction of sp³-hybridized carbons (Fsp3) is 0.438. The van der Waals surface area contributed by atoms with Crippen molar-refractivity contribution in [3.63, 3.8) is 0 Å². The summed E-state index contributed by atoms with van der Waals surface area (Å²) in [6, 6.07) is 4.62. The van der Waals surface area contributed by atoms with Crippen LogP contribution in [0.5, 0.6) is 0 Å². The maximum atomic E-state index is 13.3. The first kappa shape index (κ1) is 15.9. The van der Waals surface area contributed by atoms with Crippen LogP contribution >= 0.6 is 11.3 Å². The largest absolute Gasteiger partial charge is 0.347 e. The number of fused-ring (bicyclic) bond motifs is 1. The van der Waals surface area contributed by atoms with E-state index >= 15 is 0 Å². The molecule has 0 radical (unpaired) electrons. The van der Waals surface area contributed by atoms with Crippen LogP contribution < -0.4 is 11.1 Å². The second-order valence-electron chi connectivity index (χ2n) is 5.24. The number of halogens is 1. The molecule has 0 aliphatic rings. The molecule has 1 heterocycles. The maximum absolute atomic E-state index is 13.3. The third-order valence-electron chi connectivity index (χ3n) is 3.63. The van der Waals surface area contributed by atoms with E-state index in [4.69, 9.17) is 5.73 Å². The van der Waals surface area contributed by atoms with Crippen LogP contribution in [0.3, 0.4) is 0 Å². The van der Waals surface area contributed by atoms with Gasteiger partial charge in [-0.3, -0.25) is 4.79 Å².